The summed E-state index contributed by atoms with van der Waals surface area (Å²) in [6.07, 6.45) is 0. The summed E-state index contributed by atoms with van der Waals surface area (Å²) in [6, 6.07) is 24.4. The molecule has 106 valence electrons. The first-order chi connectivity index (χ1) is 10.8. The van der Waals surface area contributed by atoms with Crippen LogP contribution in [0.4, 0.5) is 0 Å². The van der Waals surface area contributed by atoms with Crippen LogP contribution in [0.2, 0.25) is 0 Å². The average Bonchev–Trinajstić information content (AvgIpc) is 3.01. The lowest BCUT2D eigenvalue weighted by atomic mass is 10.1. The van der Waals surface area contributed by atoms with Crippen LogP contribution in [-0.4, -0.2) is 4.98 Å². The van der Waals surface area contributed by atoms with Crippen LogP contribution in [-0.2, 0) is 0 Å². The van der Waals surface area contributed by atoms with Crippen molar-refractivity contribution < 1.29 is 4.42 Å². The predicted molar refractivity (Wildman–Crippen MR) is 89.6 cm³/mol. The summed E-state index contributed by atoms with van der Waals surface area (Å²) in [5.74, 6) is 0.858. The van der Waals surface area contributed by atoms with E-state index in [2.05, 4.69) is 25.1 Å². The molecule has 2 heteroatoms. The van der Waals surface area contributed by atoms with Crippen LogP contribution in [0.25, 0.3) is 33.7 Å². The second-order valence-corrected chi connectivity index (χ2v) is 5.38. The van der Waals surface area contributed by atoms with Crippen molar-refractivity contribution in [2.75, 3.05) is 0 Å². The highest BCUT2D eigenvalue weighted by molar-refractivity contribution is 5.84. The summed E-state index contributed by atoms with van der Waals surface area (Å²) in [7, 11) is 0. The lowest BCUT2D eigenvalue weighted by Gasteiger charge is -2.02. The first-order valence-corrected chi connectivity index (χ1v) is 7.33. The third-order valence-corrected chi connectivity index (χ3v) is 3.79. The minimum atomic E-state index is 0.858. The van der Waals surface area contributed by atoms with E-state index in [0.29, 0.717) is 0 Å². The third kappa shape index (κ3) is 2.19. The molecule has 2 aromatic heterocycles. The summed E-state index contributed by atoms with van der Waals surface area (Å²) in [4.78, 5) is 4.76. The lowest BCUT2D eigenvalue weighted by Crippen LogP contribution is -1.85. The van der Waals surface area contributed by atoms with E-state index in [1.165, 1.54) is 0 Å². The molecule has 0 fully saturated rings. The Hall–Kier alpha value is -2.87. The molecule has 0 saturated carbocycles. The highest BCUT2D eigenvalue weighted by atomic mass is 16.3. The second kappa shape index (κ2) is 5.15. The van der Waals surface area contributed by atoms with Gasteiger partial charge in [-0.1, -0.05) is 60.7 Å². The molecular weight excluding hydrogens is 270 g/mol. The Morgan fingerprint density at radius 3 is 2.09 bits per heavy atom. The fraction of sp³-hybridized carbons (Fsp3) is 0.0500. The van der Waals surface area contributed by atoms with Gasteiger partial charge in [0.1, 0.15) is 11.3 Å². The van der Waals surface area contributed by atoms with E-state index in [1.54, 1.807) is 0 Å². The van der Waals surface area contributed by atoms with E-state index < -0.39 is 0 Å². The van der Waals surface area contributed by atoms with Crippen LogP contribution in [0.15, 0.2) is 77.2 Å². The van der Waals surface area contributed by atoms with Gasteiger partial charge in [0, 0.05) is 17.2 Å². The maximum Gasteiger partial charge on any atom is 0.156 e. The van der Waals surface area contributed by atoms with Crippen LogP contribution in [0.5, 0.6) is 0 Å². The molecule has 0 radical (unpaired) electrons. The summed E-state index contributed by atoms with van der Waals surface area (Å²) < 4.78 is 6.01. The normalized spacial score (nSPS) is 11.0. The van der Waals surface area contributed by atoms with Gasteiger partial charge in [0.05, 0.1) is 5.69 Å². The lowest BCUT2D eigenvalue weighted by molar-refractivity contribution is 0.628. The van der Waals surface area contributed by atoms with Crippen LogP contribution >= 0.6 is 0 Å². The topological polar surface area (TPSA) is 26.0 Å². The molecule has 0 atom stereocenters. The van der Waals surface area contributed by atoms with Gasteiger partial charge in [-0.15, -0.1) is 0 Å². The number of fused-ring (bicyclic) bond motifs is 1. The van der Waals surface area contributed by atoms with E-state index in [-0.39, 0.29) is 0 Å². The summed E-state index contributed by atoms with van der Waals surface area (Å²) in [5.41, 5.74) is 6.03. The molecule has 0 unspecified atom stereocenters. The van der Waals surface area contributed by atoms with E-state index in [0.717, 1.165) is 39.2 Å². The van der Waals surface area contributed by atoms with Crippen LogP contribution in [0.3, 0.4) is 0 Å². The quantitative estimate of drug-likeness (QED) is 0.488. The van der Waals surface area contributed by atoms with Gasteiger partial charge in [-0.25, -0.2) is 4.98 Å². The van der Waals surface area contributed by atoms with Crippen molar-refractivity contribution >= 4 is 11.1 Å². The number of hydrogen-bond acceptors (Lipinski definition) is 2. The fourth-order valence-electron chi connectivity index (χ4n) is 2.68. The smallest absolute Gasteiger partial charge is 0.156 e. The Kier molecular flexibility index (Phi) is 3.01. The maximum atomic E-state index is 6.01. The van der Waals surface area contributed by atoms with Gasteiger partial charge in [0.2, 0.25) is 0 Å². The minimum Gasteiger partial charge on any atom is -0.454 e. The molecule has 0 amide bonds. The number of hydrogen-bond donors (Lipinski definition) is 0. The third-order valence-electron chi connectivity index (χ3n) is 3.79. The van der Waals surface area contributed by atoms with Gasteiger partial charge in [-0.3, -0.25) is 0 Å². The van der Waals surface area contributed by atoms with Gasteiger partial charge < -0.3 is 4.42 Å². The minimum absolute atomic E-state index is 0.858. The Labute approximate surface area is 129 Å². The molecule has 22 heavy (non-hydrogen) atoms. The monoisotopic (exact) mass is 285 g/mol. The summed E-state index contributed by atoms with van der Waals surface area (Å²) >= 11 is 0. The standard InChI is InChI=1S/C20H15NO/c1-14-12-17(15-8-4-2-5-9-15)21-18-13-19(22-20(14)18)16-10-6-3-7-11-16/h2-13H,1H3. The van der Waals surface area contributed by atoms with Crippen molar-refractivity contribution in [3.63, 3.8) is 0 Å². The molecule has 0 aliphatic carbocycles. The molecule has 4 aromatic rings. The summed E-state index contributed by atoms with van der Waals surface area (Å²) in [6.45, 7) is 2.06. The van der Waals surface area contributed by atoms with Crippen molar-refractivity contribution in [2.24, 2.45) is 0 Å². The molecule has 0 saturated heterocycles. The number of aromatic nitrogens is 1. The summed E-state index contributed by atoms with van der Waals surface area (Å²) in [5, 5.41) is 0. The van der Waals surface area contributed by atoms with Crippen molar-refractivity contribution in [1.82, 2.24) is 4.98 Å². The van der Waals surface area contributed by atoms with E-state index in [1.807, 2.05) is 54.6 Å². The SMILES string of the molecule is Cc1cc(-c2ccccc2)nc2cc(-c3ccccc3)oc12. The first-order valence-electron chi connectivity index (χ1n) is 7.33. The van der Waals surface area contributed by atoms with Gasteiger partial charge in [0.15, 0.2) is 5.58 Å². The molecule has 0 bridgehead atoms. The van der Waals surface area contributed by atoms with Gasteiger partial charge in [-0.2, -0.15) is 0 Å². The fourth-order valence-corrected chi connectivity index (χ4v) is 2.68. The average molecular weight is 285 g/mol. The predicted octanol–water partition coefficient (Wildman–Crippen LogP) is 5.47. The highest BCUT2D eigenvalue weighted by Gasteiger charge is 2.11. The molecule has 2 aromatic carbocycles. The number of aryl methyl sites for hydroxylation is 1. The molecular formula is C20H15NO. The maximum absolute atomic E-state index is 6.01. The molecule has 2 nitrogen and oxygen atoms in total. The molecule has 0 N–H and O–H groups in total. The van der Waals surface area contributed by atoms with E-state index in [9.17, 15) is 0 Å². The molecule has 2 heterocycles. The first kappa shape index (κ1) is 12.8. The van der Waals surface area contributed by atoms with Crippen LogP contribution < -0.4 is 0 Å². The van der Waals surface area contributed by atoms with Crippen molar-refractivity contribution in [1.29, 1.82) is 0 Å². The molecule has 0 aliphatic heterocycles. The number of benzene rings is 2. The Morgan fingerprint density at radius 2 is 1.41 bits per heavy atom. The van der Waals surface area contributed by atoms with Crippen molar-refractivity contribution in [3.05, 3.63) is 78.4 Å². The van der Waals surface area contributed by atoms with E-state index in [4.69, 9.17) is 9.40 Å². The molecule has 4 rings (SSSR count). The highest BCUT2D eigenvalue weighted by Crippen LogP contribution is 2.31. The van der Waals surface area contributed by atoms with E-state index >= 15 is 0 Å². The number of furan rings is 1. The number of pyridine rings is 1. The van der Waals surface area contributed by atoms with Crippen LogP contribution in [0.1, 0.15) is 5.56 Å². The van der Waals surface area contributed by atoms with Crippen LogP contribution in [0, 0.1) is 6.92 Å². The molecule has 0 spiro atoms. The van der Waals surface area contributed by atoms with Gasteiger partial charge >= 0.3 is 0 Å². The zero-order valence-corrected chi connectivity index (χ0v) is 12.3. The van der Waals surface area contributed by atoms with Crippen molar-refractivity contribution in [2.45, 2.75) is 6.92 Å². The Bertz CT molecular complexity index is 924. The van der Waals surface area contributed by atoms with Crippen molar-refractivity contribution in [3.8, 4) is 22.6 Å². The largest absolute Gasteiger partial charge is 0.454 e. The molecule has 0 aliphatic rings. The Balaban J connectivity index is 1.88. The number of nitrogens with zero attached hydrogens (tertiary/aromatic N) is 1. The Morgan fingerprint density at radius 1 is 0.773 bits per heavy atom. The zero-order chi connectivity index (χ0) is 14.9. The van der Waals surface area contributed by atoms with Gasteiger partial charge in [-0.05, 0) is 18.6 Å². The number of rotatable bonds is 2. The second-order valence-electron chi connectivity index (χ2n) is 5.38. The zero-order valence-electron chi connectivity index (χ0n) is 12.3. The van der Waals surface area contributed by atoms with Gasteiger partial charge in [0.25, 0.3) is 0 Å².